The highest BCUT2D eigenvalue weighted by atomic mass is 19.1. The summed E-state index contributed by atoms with van der Waals surface area (Å²) in [7, 11) is 0. The molecule has 0 aliphatic carbocycles. The van der Waals surface area contributed by atoms with E-state index in [0.29, 0.717) is 22.7 Å². The molecule has 2 aromatic carbocycles. The van der Waals surface area contributed by atoms with Gasteiger partial charge in [-0.2, -0.15) is 0 Å². The van der Waals surface area contributed by atoms with E-state index in [-0.39, 0.29) is 24.2 Å². The number of rotatable bonds is 3. The van der Waals surface area contributed by atoms with E-state index in [1.54, 1.807) is 36.4 Å². The lowest BCUT2D eigenvalue weighted by atomic mass is 10.2. The summed E-state index contributed by atoms with van der Waals surface area (Å²) in [5, 5.41) is 5.35. The van der Waals surface area contributed by atoms with Crippen LogP contribution in [0.25, 0.3) is 6.08 Å². The number of carbonyl (C=O) groups is 2. The van der Waals surface area contributed by atoms with Gasteiger partial charge in [-0.3, -0.25) is 9.59 Å². The molecule has 5 nitrogen and oxygen atoms in total. The van der Waals surface area contributed by atoms with E-state index in [0.717, 1.165) is 0 Å². The molecule has 0 saturated heterocycles. The van der Waals surface area contributed by atoms with Gasteiger partial charge < -0.3 is 15.4 Å². The Balaban J connectivity index is 1.67. The molecule has 2 aromatic rings. The van der Waals surface area contributed by atoms with E-state index < -0.39 is 0 Å². The Kier molecular flexibility index (Phi) is 4.05. The largest absolute Gasteiger partial charge is 0.482 e. The first-order valence-electron chi connectivity index (χ1n) is 6.91. The molecule has 2 amide bonds. The summed E-state index contributed by atoms with van der Waals surface area (Å²) in [4.78, 5) is 23.2. The highest BCUT2D eigenvalue weighted by Gasteiger charge is 2.16. The van der Waals surface area contributed by atoms with Crippen molar-refractivity contribution in [2.45, 2.75) is 0 Å². The van der Waals surface area contributed by atoms with Crippen LogP contribution < -0.4 is 15.4 Å². The fourth-order valence-corrected chi connectivity index (χ4v) is 2.09. The predicted octanol–water partition coefficient (Wildman–Crippen LogP) is 2.81. The van der Waals surface area contributed by atoms with Crippen LogP contribution in [0.5, 0.6) is 5.75 Å². The molecular weight excluding hydrogens is 299 g/mol. The maximum Gasteiger partial charge on any atom is 0.262 e. The van der Waals surface area contributed by atoms with Crippen LogP contribution in [0, 0.1) is 5.82 Å². The first-order chi connectivity index (χ1) is 11.1. The number of benzene rings is 2. The zero-order valence-electron chi connectivity index (χ0n) is 12.0. The van der Waals surface area contributed by atoms with Crippen molar-refractivity contribution < 1.29 is 18.7 Å². The van der Waals surface area contributed by atoms with Crippen molar-refractivity contribution in [2.75, 3.05) is 17.2 Å². The van der Waals surface area contributed by atoms with Gasteiger partial charge in [-0.15, -0.1) is 0 Å². The van der Waals surface area contributed by atoms with Crippen LogP contribution in [0.2, 0.25) is 0 Å². The van der Waals surface area contributed by atoms with Gasteiger partial charge in [-0.05, 0) is 42.0 Å². The Hall–Kier alpha value is -3.15. The topological polar surface area (TPSA) is 67.4 Å². The molecule has 3 rings (SSSR count). The Morgan fingerprint density at radius 1 is 1.22 bits per heavy atom. The summed E-state index contributed by atoms with van der Waals surface area (Å²) in [5.74, 6) is -0.344. The zero-order chi connectivity index (χ0) is 16.2. The van der Waals surface area contributed by atoms with E-state index in [1.165, 1.54) is 18.2 Å². The van der Waals surface area contributed by atoms with E-state index in [4.69, 9.17) is 4.74 Å². The van der Waals surface area contributed by atoms with Gasteiger partial charge in [-0.1, -0.05) is 12.1 Å². The van der Waals surface area contributed by atoms with Crippen molar-refractivity contribution in [1.29, 1.82) is 0 Å². The zero-order valence-corrected chi connectivity index (χ0v) is 12.0. The summed E-state index contributed by atoms with van der Waals surface area (Å²) >= 11 is 0. The molecule has 0 saturated carbocycles. The van der Waals surface area contributed by atoms with Crippen LogP contribution in [-0.4, -0.2) is 18.4 Å². The summed E-state index contributed by atoms with van der Waals surface area (Å²) in [6.45, 7) is -0.0148. The second-order valence-electron chi connectivity index (χ2n) is 4.92. The Morgan fingerprint density at radius 3 is 2.78 bits per heavy atom. The number of hydrogen-bond donors (Lipinski definition) is 2. The second kappa shape index (κ2) is 6.31. The minimum Gasteiger partial charge on any atom is -0.482 e. The highest BCUT2D eigenvalue weighted by molar-refractivity contribution is 6.03. The van der Waals surface area contributed by atoms with E-state index in [1.807, 2.05) is 0 Å². The molecule has 1 heterocycles. The molecule has 0 spiro atoms. The number of fused-ring (bicyclic) bond motifs is 1. The SMILES string of the molecule is O=C(/C=C/c1ccc(F)cc1)Nc1ccc2c(c1)NC(=O)CO2. The number of nitrogens with one attached hydrogen (secondary N) is 2. The standard InChI is InChI=1S/C17H13FN2O3/c18-12-4-1-11(2-5-12)3-8-16(21)19-13-6-7-15-14(9-13)20-17(22)10-23-15/h1-9H,10H2,(H,19,21)(H,20,22)/b8-3+. The highest BCUT2D eigenvalue weighted by Crippen LogP contribution is 2.30. The molecule has 0 aromatic heterocycles. The molecule has 0 radical (unpaired) electrons. The number of ether oxygens (including phenoxy) is 1. The number of anilines is 2. The van der Waals surface area contributed by atoms with Crippen LogP contribution in [0.1, 0.15) is 5.56 Å². The lowest BCUT2D eigenvalue weighted by Gasteiger charge is -2.18. The van der Waals surface area contributed by atoms with Gasteiger partial charge >= 0.3 is 0 Å². The number of carbonyl (C=O) groups excluding carboxylic acids is 2. The molecule has 2 N–H and O–H groups in total. The fourth-order valence-electron chi connectivity index (χ4n) is 2.09. The molecule has 6 heteroatoms. The first-order valence-corrected chi connectivity index (χ1v) is 6.91. The van der Waals surface area contributed by atoms with Crippen molar-refractivity contribution >= 4 is 29.3 Å². The van der Waals surface area contributed by atoms with Crippen LogP contribution in [0.4, 0.5) is 15.8 Å². The van der Waals surface area contributed by atoms with Crippen LogP contribution in [-0.2, 0) is 9.59 Å². The van der Waals surface area contributed by atoms with Gasteiger partial charge in [0.2, 0.25) is 5.91 Å². The monoisotopic (exact) mass is 312 g/mol. The van der Waals surface area contributed by atoms with Crippen molar-refractivity contribution in [3.05, 3.63) is 59.9 Å². The molecule has 1 aliphatic heterocycles. The minimum atomic E-state index is -0.336. The molecule has 23 heavy (non-hydrogen) atoms. The Labute approximate surface area is 131 Å². The van der Waals surface area contributed by atoms with Crippen molar-refractivity contribution in [1.82, 2.24) is 0 Å². The van der Waals surface area contributed by atoms with Gasteiger partial charge in [-0.25, -0.2) is 4.39 Å². The van der Waals surface area contributed by atoms with Crippen molar-refractivity contribution in [3.63, 3.8) is 0 Å². The smallest absolute Gasteiger partial charge is 0.262 e. The van der Waals surface area contributed by atoms with Crippen molar-refractivity contribution in [3.8, 4) is 5.75 Å². The minimum absolute atomic E-state index is 0.0148. The number of hydrogen-bond acceptors (Lipinski definition) is 3. The van der Waals surface area contributed by atoms with Gasteiger partial charge in [0.05, 0.1) is 5.69 Å². The quantitative estimate of drug-likeness (QED) is 0.856. The molecular formula is C17H13FN2O3. The number of halogens is 1. The lowest BCUT2D eigenvalue weighted by molar-refractivity contribution is -0.118. The normalized spacial score (nSPS) is 13.2. The molecule has 116 valence electrons. The van der Waals surface area contributed by atoms with E-state index in [9.17, 15) is 14.0 Å². The van der Waals surface area contributed by atoms with Crippen LogP contribution in [0.15, 0.2) is 48.5 Å². The maximum atomic E-state index is 12.8. The Morgan fingerprint density at radius 2 is 2.00 bits per heavy atom. The van der Waals surface area contributed by atoms with Gasteiger partial charge in [0, 0.05) is 11.8 Å². The summed E-state index contributed by atoms with van der Waals surface area (Å²) in [5.41, 5.74) is 1.76. The van der Waals surface area contributed by atoms with Gasteiger partial charge in [0.15, 0.2) is 6.61 Å². The fraction of sp³-hybridized carbons (Fsp3) is 0.0588. The third kappa shape index (κ3) is 3.74. The second-order valence-corrected chi connectivity index (χ2v) is 4.92. The van der Waals surface area contributed by atoms with Gasteiger partial charge in [0.25, 0.3) is 5.91 Å². The molecule has 1 aliphatic rings. The first kappa shape index (κ1) is 14.8. The summed E-state index contributed by atoms with van der Waals surface area (Å²) < 4.78 is 18.0. The average molecular weight is 312 g/mol. The summed E-state index contributed by atoms with van der Waals surface area (Å²) in [6, 6.07) is 10.8. The van der Waals surface area contributed by atoms with Crippen molar-refractivity contribution in [2.24, 2.45) is 0 Å². The Bertz CT molecular complexity index is 785. The molecule has 0 atom stereocenters. The predicted molar refractivity (Wildman–Crippen MR) is 84.6 cm³/mol. The van der Waals surface area contributed by atoms with Gasteiger partial charge in [0.1, 0.15) is 11.6 Å². The molecule has 0 bridgehead atoms. The summed E-state index contributed by atoms with van der Waals surface area (Å²) in [6.07, 6.45) is 2.93. The molecule has 0 fully saturated rings. The van der Waals surface area contributed by atoms with Crippen LogP contribution in [0.3, 0.4) is 0 Å². The van der Waals surface area contributed by atoms with E-state index >= 15 is 0 Å². The third-order valence-corrected chi connectivity index (χ3v) is 3.18. The van der Waals surface area contributed by atoms with Crippen LogP contribution >= 0.6 is 0 Å². The average Bonchev–Trinajstić information content (AvgIpc) is 2.54. The lowest BCUT2D eigenvalue weighted by Crippen LogP contribution is -2.25. The molecule has 0 unspecified atom stereocenters. The maximum absolute atomic E-state index is 12.8. The number of amides is 2. The van der Waals surface area contributed by atoms with E-state index in [2.05, 4.69) is 10.6 Å². The third-order valence-electron chi connectivity index (χ3n) is 3.18.